The van der Waals surface area contributed by atoms with E-state index in [2.05, 4.69) is 15.9 Å². The number of nitrogens with two attached hydrogens (primary N) is 1. The van der Waals surface area contributed by atoms with E-state index in [1.54, 1.807) is 0 Å². The van der Waals surface area contributed by atoms with E-state index in [9.17, 15) is 9.59 Å². The Balaban J connectivity index is 2.16. The predicted octanol–water partition coefficient (Wildman–Crippen LogP) is 2.18. The molecule has 4 N–H and O–H groups in total. The number of amides is 1. The van der Waals surface area contributed by atoms with Crippen molar-refractivity contribution in [1.82, 2.24) is 9.80 Å². The monoisotopic (exact) mass is 391 g/mol. The van der Waals surface area contributed by atoms with Crippen LogP contribution >= 0.6 is 27.5 Å². The van der Waals surface area contributed by atoms with Gasteiger partial charge in [-0.3, -0.25) is 4.90 Å². The van der Waals surface area contributed by atoms with Crippen LogP contribution in [0.25, 0.3) is 0 Å². The summed E-state index contributed by atoms with van der Waals surface area (Å²) in [6, 6.07) is 1.44. The molecule has 0 saturated carbocycles. The molecule has 9 heteroatoms. The molecule has 1 aromatic rings. The lowest BCUT2D eigenvalue weighted by Crippen LogP contribution is -2.47. The molecule has 1 aliphatic rings. The molecule has 0 bridgehead atoms. The van der Waals surface area contributed by atoms with Crippen LogP contribution in [0.1, 0.15) is 15.9 Å². The summed E-state index contributed by atoms with van der Waals surface area (Å²) in [6.07, 6.45) is -0.922. The van der Waals surface area contributed by atoms with Crippen molar-refractivity contribution in [3.05, 3.63) is 26.7 Å². The van der Waals surface area contributed by atoms with E-state index < -0.39 is 12.1 Å². The molecule has 1 aromatic carbocycles. The zero-order valence-electron chi connectivity index (χ0n) is 11.6. The number of rotatable bonds is 3. The second kappa shape index (κ2) is 6.72. The first kappa shape index (κ1) is 16.9. The number of nitrogen functional groups attached to an aromatic ring is 1. The van der Waals surface area contributed by atoms with E-state index in [0.717, 1.165) is 0 Å². The first-order valence-electron chi connectivity index (χ1n) is 6.51. The number of anilines is 1. The van der Waals surface area contributed by atoms with E-state index in [1.807, 2.05) is 4.90 Å². The number of hydrogen-bond acceptors (Lipinski definition) is 4. The summed E-state index contributed by atoms with van der Waals surface area (Å²) in [6.45, 7) is 2.48. The van der Waals surface area contributed by atoms with Crippen molar-refractivity contribution in [3.63, 3.8) is 0 Å². The van der Waals surface area contributed by atoms with Crippen LogP contribution in [-0.4, -0.2) is 58.3 Å². The second-order valence-electron chi connectivity index (χ2n) is 4.96. The molecule has 7 nitrogen and oxygen atoms in total. The lowest BCUT2D eigenvalue weighted by atomic mass is 10.1. The van der Waals surface area contributed by atoms with E-state index >= 15 is 0 Å². The summed E-state index contributed by atoms with van der Waals surface area (Å²) in [5.74, 6) is -1.14. The van der Waals surface area contributed by atoms with Crippen LogP contribution < -0.4 is 5.73 Å². The molecule has 0 atom stereocenters. The lowest BCUT2D eigenvalue weighted by molar-refractivity contribution is 0.0698. The minimum atomic E-state index is -1.14. The fourth-order valence-electron chi connectivity index (χ4n) is 2.32. The van der Waals surface area contributed by atoms with Crippen LogP contribution in [-0.2, 0) is 6.54 Å². The summed E-state index contributed by atoms with van der Waals surface area (Å²) < 4.78 is 0.574. The van der Waals surface area contributed by atoms with Gasteiger partial charge in [0.1, 0.15) is 0 Å². The van der Waals surface area contributed by atoms with Gasteiger partial charge in [-0.1, -0.05) is 27.5 Å². The fraction of sp³-hybridized carbons (Fsp3) is 0.385. The number of nitrogens with zero attached hydrogens (tertiary/aromatic N) is 2. The number of halogens is 2. The summed E-state index contributed by atoms with van der Waals surface area (Å²) in [5, 5.41) is 18.2. The van der Waals surface area contributed by atoms with Crippen LogP contribution in [0.15, 0.2) is 10.5 Å². The predicted molar refractivity (Wildman–Crippen MR) is 85.4 cm³/mol. The molecule has 0 aliphatic carbocycles. The molecule has 1 saturated heterocycles. The first-order valence-corrected chi connectivity index (χ1v) is 7.68. The number of piperazine rings is 1. The third-order valence-electron chi connectivity index (χ3n) is 3.61. The number of carbonyl (C=O) groups is 2. The van der Waals surface area contributed by atoms with Crippen LogP contribution in [0.2, 0.25) is 5.02 Å². The standard InChI is InChI=1S/C13H15BrClN3O4/c14-9-5-7(12(19)20)11(16)10(15)8(9)6-17-1-3-18(4-2-17)13(21)22/h5H,1-4,6,16H2,(H,19,20)(H,21,22). The van der Waals surface area contributed by atoms with E-state index in [1.165, 1.54) is 11.0 Å². The highest BCUT2D eigenvalue weighted by molar-refractivity contribution is 9.10. The molecular weight excluding hydrogens is 378 g/mol. The number of aromatic carboxylic acids is 1. The molecule has 1 heterocycles. The number of benzene rings is 1. The Bertz CT molecular complexity index is 618. The molecule has 1 fully saturated rings. The third-order valence-corrected chi connectivity index (χ3v) is 4.75. The molecule has 22 heavy (non-hydrogen) atoms. The topological polar surface area (TPSA) is 107 Å². The molecule has 2 rings (SSSR count). The van der Waals surface area contributed by atoms with Gasteiger partial charge in [0.15, 0.2) is 0 Å². The second-order valence-corrected chi connectivity index (χ2v) is 6.20. The van der Waals surface area contributed by atoms with Gasteiger partial charge in [-0.2, -0.15) is 0 Å². The average molecular weight is 393 g/mol. The molecule has 0 radical (unpaired) electrons. The van der Waals surface area contributed by atoms with Gasteiger partial charge in [0, 0.05) is 42.8 Å². The van der Waals surface area contributed by atoms with Crippen molar-refractivity contribution < 1.29 is 19.8 Å². The minimum absolute atomic E-state index is 0.0385. The van der Waals surface area contributed by atoms with Crippen molar-refractivity contribution in [2.45, 2.75) is 6.54 Å². The molecule has 1 amide bonds. The Hall–Kier alpha value is -1.51. The molecular formula is C13H15BrClN3O4. The fourth-order valence-corrected chi connectivity index (χ4v) is 3.25. The van der Waals surface area contributed by atoms with Crippen LogP contribution in [0.3, 0.4) is 0 Å². The van der Waals surface area contributed by atoms with Crippen molar-refractivity contribution in [2.24, 2.45) is 0 Å². The van der Waals surface area contributed by atoms with E-state index in [0.29, 0.717) is 42.8 Å². The molecule has 0 unspecified atom stereocenters. The highest BCUT2D eigenvalue weighted by Gasteiger charge is 2.23. The van der Waals surface area contributed by atoms with E-state index in [-0.39, 0.29) is 16.3 Å². The Kier molecular flexibility index (Phi) is 5.15. The van der Waals surface area contributed by atoms with Crippen molar-refractivity contribution in [3.8, 4) is 0 Å². The summed E-state index contributed by atoms with van der Waals surface area (Å²) in [4.78, 5) is 25.4. The largest absolute Gasteiger partial charge is 0.478 e. The van der Waals surface area contributed by atoms with Crippen LogP contribution in [0.5, 0.6) is 0 Å². The van der Waals surface area contributed by atoms with Gasteiger partial charge >= 0.3 is 12.1 Å². The van der Waals surface area contributed by atoms with Crippen molar-refractivity contribution in [1.29, 1.82) is 0 Å². The van der Waals surface area contributed by atoms with Crippen molar-refractivity contribution in [2.75, 3.05) is 31.9 Å². The zero-order valence-corrected chi connectivity index (χ0v) is 13.9. The highest BCUT2D eigenvalue weighted by Crippen LogP contribution is 2.34. The number of hydrogen-bond donors (Lipinski definition) is 3. The van der Waals surface area contributed by atoms with Gasteiger partial charge < -0.3 is 20.8 Å². The van der Waals surface area contributed by atoms with Gasteiger partial charge in [0.05, 0.1) is 16.3 Å². The Labute approximate surface area is 140 Å². The minimum Gasteiger partial charge on any atom is -0.478 e. The summed E-state index contributed by atoms with van der Waals surface area (Å²) >= 11 is 9.52. The maximum absolute atomic E-state index is 11.1. The summed E-state index contributed by atoms with van der Waals surface area (Å²) in [5.41, 5.74) is 6.48. The smallest absolute Gasteiger partial charge is 0.407 e. The van der Waals surface area contributed by atoms with Crippen LogP contribution in [0, 0.1) is 0 Å². The van der Waals surface area contributed by atoms with Crippen molar-refractivity contribution >= 4 is 45.3 Å². The number of carboxylic acids is 1. The summed E-state index contributed by atoms with van der Waals surface area (Å²) in [7, 11) is 0. The molecule has 120 valence electrons. The number of carboxylic acid groups (broad SMARTS) is 2. The quantitative estimate of drug-likeness (QED) is 0.681. The molecule has 0 aromatic heterocycles. The Morgan fingerprint density at radius 1 is 1.27 bits per heavy atom. The van der Waals surface area contributed by atoms with Gasteiger partial charge in [0.25, 0.3) is 0 Å². The van der Waals surface area contributed by atoms with Gasteiger partial charge in [-0.25, -0.2) is 9.59 Å². The van der Waals surface area contributed by atoms with Gasteiger partial charge in [-0.15, -0.1) is 0 Å². The highest BCUT2D eigenvalue weighted by atomic mass is 79.9. The maximum atomic E-state index is 11.1. The van der Waals surface area contributed by atoms with Gasteiger partial charge in [0.2, 0.25) is 0 Å². The normalized spacial score (nSPS) is 15.8. The third kappa shape index (κ3) is 3.45. The average Bonchev–Trinajstić information content (AvgIpc) is 2.47. The van der Waals surface area contributed by atoms with E-state index in [4.69, 9.17) is 27.5 Å². The zero-order chi connectivity index (χ0) is 16.4. The molecule has 0 spiro atoms. The first-order chi connectivity index (χ1) is 10.3. The Morgan fingerprint density at radius 2 is 1.86 bits per heavy atom. The Morgan fingerprint density at radius 3 is 2.36 bits per heavy atom. The maximum Gasteiger partial charge on any atom is 0.407 e. The van der Waals surface area contributed by atoms with Crippen LogP contribution in [0.4, 0.5) is 10.5 Å². The van der Waals surface area contributed by atoms with Gasteiger partial charge in [-0.05, 0) is 6.07 Å². The molecule has 1 aliphatic heterocycles. The SMILES string of the molecule is Nc1c(C(=O)O)cc(Br)c(CN2CCN(C(=O)O)CC2)c1Cl. The lowest BCUT2D eigenvalue weighted by Gasteiger charge is -2.33.